The Morgan fingerprint density at radius 2 is 1.76 bits per heavy atom. The highest BCUT2D eigenvalue weighted by Crippen LogP contribution is 2.40. The number of anilines is 5. The van der Waals surface area contributed by atoms with Gasteiger partial charge < -0.3 is 35.1 Å². The number of para-hydroxylation sites is 1. The molecule has 10 nitrogen and oxygen atoms in total. The summed E-state index contributed by atoms with van der Waals surface area (Å²) < 4.78 is 18.2. The van der Waals surface area contributed by atoms with E-state index in [2.05, 4.69) is 46.7 Å². The lowest BCUT2D eigenvalue weighted by Gasteiger charge is -2.31. The van der Waals surface area contributed by atoms with Gasteiger partial charge in [0, 0.05) is 38.0 Å². The molecule has 2 heterocycles. The quantitative estimate of drug-likeness (QED) is 0.283. The minimum absolute atomic E-state index is 0.163. The highest BCUT2D eigenvalue weighted by atomic mass is 79.9. The number of carbonyl (C=O) groups excluding carboxylic acids is 1. The summed E-state index contributed by atoms with van der Waals surface area (Å²) >= 11 is 3.51. The van der Waals surface area contributed by atoms with Crippen molar-refractivity contribution in [2.24, 2.45) is 0 Å². The van der Waals surface area contributed by atoms with Crippen LogP contribution in [0.4, 0.5) is 28.8 Å². The minimum atomic E-state index is -0.163. The Morgan fingerprint density at radius 1 is 1.03 bits per heavy atom. The van der Waals surface area contributed by atoms with Crippen molar-refractivity contribution in [1.82, 2.24) is 15.3 Å². The number of hydrogen-bond donors (Lipinski definition) is 3. The zero-order valence-electron chi connectivity index (χ0n) is 21.8. The number of halogens is 1. The van der Waals surface area contributed by atoms with E-state index in [1.165, 1.54) is 0 Å². The highest BCUT2D eigenvalue weighted by Gasteiger charge is 2.20. The van der Waals surface area contributed by atoms with Gasteiger partial charge in [-0.1, -0.05) is 12.1 Å². The van der Waals surface area contributed by atoms with Crippen molar-refractivity contribution in [2.45, 2.75) is 20.8 Å². The first-order valence-electron chi connectivity index (χ1n) is 12.7. The van der Waals surface area contributed by atoms with E-state index in [0.29, 0.717) is 71.9 Å². The molecule has 1 aliphatic rings. The molecule has 2 aromatic carbocycles. The maximum atomic E-state index is 12.5. The van der Waals surface area contributed by atoms with E-state index >= 15 is 0 Å². The van der Waals surface area contributed by atoms with Crippen molar-refractivity contribution in [3.05, 3.63) is 52.6 Å². The van der Waals surface area contributed by atoms with Crippen molar-refractivity contribution >= 4 is 50.7 Å². The number of aromatic nitrogens is 2. The molecule has 0 spiro atoms. The highest BCUT2D eigenvalue weighted by molar-refractivity contribution is 9.10. The van der Waals surface area contributed by atoms with Gasteiger partial charge >= 0.3 is 0 Å². The van der Waals surface area contributed by atoms with Crippen LogP contribution in [0.1, 0.15) is 31.1 Å². The molecule has 0 aliphatic carbocycles. The SMILES string of the molecule is CCNC(=O)c1ccccc1Nc1nc(Nc2cc(OCC)c(N3CCOCC3)cc2OCC)ncc1Br. The number of carbonyl (C=O) groups is 1. The monoisotopic (exact) mass is 584 g/mol. The summed E-state index contributed by atoms with van der Waals surface area (Å²) in [6, 6.07) is 11.2. The molecule has 1 fully saturated rings. The fourth-order valence-corrected chi connectivity index (χ4v) is 4.34. The van der Waals surface area contributed by atoms with E-state index in [-0.39, 0.29) is 5.91 Å². The van der Waals surface area contributed by atoms with Gasteiger partial charge in [0.05, 0.1) is 53.5 Å². The third-order valence-electron chi connectivity index (χ3n) is 5.77. The van der Waals surface area contributed by atoms with Crippen LogP contribution in [0.5, 0.6) is 11.5 Å². The summed E-state index contributed by atoms with van der Waals surface area (Å²) in [4.78, 5) is 23.9. The molecule has 0 bridgehead atoms. The van der Waals surface area contributed by atoms with Gasteiger partial charge in [0.15, 0.2) is 0 Å². The van der Waals surface area contributed by atoms with Gasteiger partial charge in [-0.05, 0) is 48.8 Å². The maximum absolute atomic E-state index is 12.5. The minimum Gasteiger partial charge on any atom is -0.492 e. The lowest BCUT2D eigenvalue weighted by molar-refractivity contribution is 0.0956. The van der Waals surface area contributed by atoms with E-state index in [1.807, 2.05) is 51.1 Å². The van der Waals surface area contributed by atoms with Gasteiger partial charge in [-0.2, -0.15) is 4.98 Å². The van der Waals surface area contributed by atoms with E-state index in [1.54, 1.807) is 12.3 Å². The van der Waals surface area contributed by atoms with Crippen molar-refractivity contribution in [2.75, 3.05) is 61.6 Å². The van der Waals surface area contributed by atoms with Gasteiger partial charge in [0.25, 0.3) is 5.91 Å². The van der Waals surface area contributed by atoms with E-state index < -0.39 is 0 Å². The third-order valence-corrected chi connectivity index (χ3v) is 6.35. The number of ether oxygens (including phenoxy) is 3. The summed E-state index contributed by atoms with van der Waals surface area (Å²) in [5.74, 6) is 2.11. The number of hydrogen-bond acceptors (Lipinski definition) is 9. The summed E-state index contributed by atoms with van der Waals surface area (Å²) in [6.07, 6.45) is 1.65. The lowest BCUT2D eigenvalue weighted by Crippen LogP contribution is -2.36. The average Bonchev–Trinajstić information content (AvgIpc) is 2.93. The van der Waals surface area contributed by atoms with Gasteiger partial charge in [-0.15, -0.1) is 0 Å². The molecule has 0 saturated carbocycles. The largest absolute Gasteiger partial charge is 0.492 e. The molecule has 1 aliphatic heterocycles. The van der Waals surface area contributed by atoms with Crippen molar-refractivity contribution in [3.8, 4) is 11.5 Å². The Morgan fingerprint density at radius 3 is 2.50 bits per heavy atom. The van der Waals surface area contributed by atoms with Crippen molar-refractivity contribution in [3.63, 3.8) is 0 Å². The average molecular weight is 586 g/mol. The number of benzene rings is 2. The smallest absolute Gasteiger partial charge is 0.253 e. The first-order valence-corrected chi connectivity index (χ1v) is 13.5. The first-order chi connectivity index (χ1) is 18.5. The zero-order chi connectivity index (χ0) is 26.9. The topological polar surface area (TPSA) is 110 Å². The van der Waals surface area contributed by atoms with Crippen LogP contribution in [-0.4, -0.2) is 61.9 Å². The maximum Gasteiger partial charge on any atom is 0.253 e. The van der Waals surface area contributed by atoms with Crippen LogP contribution in [-0.2, 0) is 4.74 Å². The van der Waals surface area contributed by atoms with Crippen LogP contribution >= 0.6 is 15.9 Å². The Labute approximate surface area is 231 Å². The van der Waals surface area contributed by atoms with E-state index in [9.17, 15) is 4.79 Å². The van der Waals surface area contributed by atoms with Gasteiger partial charge in [0.1, 0.15) is 17.3 Å². The fraction of sp³-hybridized carbons (Fsp3) is 0.370. The fourth-order valence-electron chi connectivity index (χ4n) is 4.05. The lowest BCUT2D eigenvalue weighted by atomic mass is 10.1. The molecule has 1 amide bonds. The molecular weight excluding hydrogens is 552 g/mol. The molecule has 0 radical (unpaired) electrons. The Hall–Kier alpha value is -3.57. The van der Waals surface area contributed by atoms with Crippen LogP contribution in [0.2, 0.25) is 0 Å². The second kappa shape index (κ2) is 13.3. The summed E-state index contributed by atoms with van der Waals surface area (Å²) in [5, 5.41) is 9.38. The van der Waals surface area contributed by atoms with E-state index in [0.717, 1.165) is 24.5 Å². The number of nitrogens with zero attached hydrogens (tertiary/aromatic N) is 3. The molecule has 1 saturated heterocycles. The summed E-state index contributed by atoms with van der Waals surface area (Å²) in [5.41, 5.74) is 2.80. The zero-order valence-corrected chi connectivity index (χ0v) is 23.4. The van der Waals surface area contributed by atoms with Crippen LogP contribution in [0.3, 0.4) is 0 Å². The number of amides is 1. The Balaban J connectivity index is 1.65. The van der Waals surface area contributed by atoms with Crippen LogP contribution < -0.4 is 30.3 Å². The molecule has 0 unspecified atom stereocenters. The van der Waals surface area contributed by atoms with Crippen LogP contribution in [0, 0.1) is 0 Å². The second-order valence-electron chi connectivity index (χ2n) is 8.33. The van der Waals surface area contributed by atoms with Gasteiger partial charge in [0.2, 0.25) is 5.95 Å². The molecule has 3 aromatic rings. The molecule has 11 heteroatoms. The molecule has 202 valence electrons. The molecule has 3 N–H and O–H groups in total. The second-order valence-corrected chi connectivity index (χ2v) is 9.18. The predicted molar refractivity (Wildman–Crippen MR) is 153 cm³/mol. The molecule has 38 heavy (non-hydrogen) atoms. The van der Waals surface area contributed by atoms with Gasteiger partial charge in [-0.25, -0.2) is 4.98 Å². The van der Waals surface area contributed by atoms with Crippen LogP contribution in [0.25, 0.3) is 0 Å². The van der Waals surface area contributed by atoms with Gasteiger partial charge in [-0.3, -0.25) is 4.79 Å². The third kappa shape index (κ3) is 6.65. The van der Waals surface area contributed by atoms with E-state index in [4.69, 9.17) is 14.2 Å². The predicted octanol–water partition coefficient (Wildman–Crippen LogP) is 5.11. The van der Waals surface area contributed by atoms with Crippen molar-refractivity contribution < 1.29 is 19.0 Å². The summed E-state index contributed by atoms with van der Waals surface area (Å²) in [6.45, 7) is 10.2. The molecule has 0 atom stereocenters. The summed E-state index contributed by atoms with van der Waals surface area (Å²) in [7, 11) is 0. The van der Waals surface area contributed by atoms with Crippen LogP contribution in [0.15, 0.2) is 47.1 Å². The molecule has 1 aromatic heterocycles. The molecule has 4 rings (SSSR count). The number of nitrogens with one attached hydrogen (secondary N) is 3. The Kier molecular flexibility index (Phi) is 9.61. The normalized spacial score (nSPS) is 13.1. The Bertz CT molecular complexity index is 1250. The number of morpholine rings is 1. The standard InChI is InChI=1S/C27H33BrN6O4/c1-4-29-26(35)18-9-7-8-10-20(18)31-25-19(28)17-30-27(33-25)32-21-15-24(38-6-3)22(16-23(21)37-5-2)34-11-13-36-14-12-34/h7-10,15-17H,4-6,11-14H2,1-3H3,(H,29,35)(H2,30,31,32,33). The first kappa shape index (κ1) is 27.5. The van der Waals surface area contributed by atoms with Crippen molar-refractivity contribution in [1.29, 1.82) is 0 Å². The number of rotatable bonds is 11. The molecular formula is C27H33BrN6O4.